The molecule has 2 aliphatic rings. The second-order valence-corrected chi connectivity index (χ2v) is 7.60. The third kappa shape index (κ3) is 2.69. The number of amides is 2. The van der Waals surface area contributed by atoms with Gasteiger partial charge in [0.1, 0.15) is 11.6 Å². The summed E-state index contributed by atoms with van der Waals surface area (Å²) in [6, 6.07) is -0.333. The maximum atomic E-state index is 13.2. The predicted octanol–water partition coefficient (Wildman–Crippen LogP) is 2.86. The Bertz CT molecular complexity index is 427. The quantitative estimate of drug-likeness (QED) is 0.870. The fraction of sp³-hybridized carbons (Fsp3) is 0.882. The van der Waals surface area contributed by atoms with Crippen molar-refractivity contribution in [1.82, 2.24) is 10.2 Å². The smallest absolute Gasteiger partial charge is 0.249 e. The van der Waals surface area contributed by atoms with E-state index in [0.29, 0.717) is 6.42 Å². The van der Waals surface area contributed by atoms with E-state index < -0.39 is 5.54 Å². The van der Waals surface area contributed by atoms with Crippen molar-refractivity contribution in [1.29, 1.82) is 0 Å². The van der Waals surface area contributed by atoms with E-state index in [9.17, 15) is 9.59 Å². The average Bonchev–Trinajstić information content (AvgIpc) is 2.42. The van der Waals surface area contributed by atoms with Gasteiger partial charge in [0.2, 0.25) is 11.8 Å². The molecule has 21 heavy (non-hydrogen) atoms. The van der Waals surface area contributed by atoms with Gasteiger partial charge in [-0.25, -0.2) is 0 Å². The molecule has 1 saturated carbocycles. The van der Waals surface area contributed by atoms with E-state index in [1.165, 1.54) is 6.42 Å². The lowest BCUT2D eigenvalue weighted by Crippen LogP contribution is -2.74. The summed E-state index contributed by atoms with van der Waals surface area (Å²) in [6.07, 6.45) is 6.19. The molecular weight excluding hydrogens is 264 g/mol. The molecule has 1 aliphatic heterocycles. The highest BCUT2D eigenvalue weighted by Gasteiger charge is 2.53. The molecule has 120 valence electrons. The summed E-state index contributed by atoms with van der Waals surface area (Å²) in [6.45, 7) is 10.1. The molecule has 0 aromatic carbocycles. The second-order valence-electron chi connectivity index (χ2n) is 7.60. The van der Waals surface area contributed by atoms with Gasteiger partial charge in [-0.1, -0.05) is 40.0 Å². The van der Waals surface area contributed by atoms with Crippen molar-refractivity contribution in [3.63, 3.8) is 0 Å². The highest BCUT2D eigenvalue weighted by atomic mass is 16.2. The molecule has 1 aliphatic carbocycles. The first-order valence-corrected chi connectivity index (χ1v) is 8.41. The largest absolute Gasteiger partial charge is 0.340 e. The lowest BCUT2D eigenvalue weighted by atomic mass is 9.77. The molecule has 0 bridgehead atoms. The standard InChI is InChI=1S/C17H30N2O2/c1-6-17(5)15(21)19(13(12(2)3)14(20)18-17)16(4)10-8-7-9-11-16/h12-13H,6-11H2,1-5H3,(H,18,20). The van der Waals surface area contributed by atoms with E-state index in [-0.39, 0.29) is 29.3 Å². The number of rotatable bonds is 3. The Morgan fingerprint density at radius 1 is 1.19 bits per heavy atom. The van der Waals surface area contributed by atoms with Crippen molar-refractivity contribution >= 4 is 11.8 Å². The molecule has 2 fully saturated rings. The number of hydrogen-bond donors (Lipinski definition) is 1. The summed E-state index contributed by atoms with van der Waals surface area (Å²) in [5, 5.41) is 2.98. The number of carbonyl (C=O) groups is 2. The van der Waals surface area contributed by atoms with Gasteiger partial charge in [-0.15, -0.1) is 0 Å². The zero-order chi connectivity index (χ0) is 15.8. The van der Waals surface area contributed by atoms with Crippen LogP contribution in [0.5, 0.6) is 0 Å². The van der Waals surface area contributed by atoms with E-state index >= 15 is 0 Å². The Morgan fingerprint density at radius 3 is 2.24 bits per heavy atom. The molecular formula is C17H30N2O2. The number of piperazine rings is 1. The lowest BCUT2D eigenvalue weighted by molar-refractivity contribution is -0.166. The van der Waals surface area contributed by atoms with Gasteiger partial charge in [0.05, 0.1) is 0 Å². The average molecular weight is 294 g/mol. The van der Waals surface area contributed by atoms with Crippen LogP contribution in [0.4, 0.5) is 0 Å². The maximum absolute atomic E-state index is 13.2. The predicted molar refractivity (Wildman–Crippen MR) is 83.8 cm³/mol. The first kappa shape index (κ1) is 16.3. The molecule has 0 aromatic heterocycles. The van der Waals surface area contributed by atoms with Crippen LogP contribution in [-0.4, -0.2) is 33.8 Å². The molecule has 1 N–H and O–H groups in total. The van der Waals surface area contributed by atoms with Crippen molar-refractivity contribution in [2.24, 2.45) is 5.92 Å². The molecule has 0 aromatic rings. The SMILES string of the molecule is CCC1(C)NC(=O)C(C(C)C)N(C2(C)CCCCC2)C1=O. The van der Waals surface area contributed by atoms with Gasteiger partial charge in [-0.3, -0.25) is 9.59 Å². The number of carbonyl (C=O) groups excluding carboxylic acids is 2. The summed E-state index contributed by atoms with van der Waals surface area (Å²) < 4.78 is 0. The summed E-state index contributed by atoms with van der Waals surface area (Å²) in [5.41, 5.74) is -0.915. The molecule has 0 radical (unpaired) electrons. The summed E-state index contributed by atoms with van der Waals surface area (Å²) in [4.78, 5) is 27.8. The van der Waals surface area contributed by atoms with Gasteiger partial charge in [0.15, 0.2) is 0 Å². The molecule has 0 spiro atoms. The van der Waals surface area contributed by atoms with Gasteiger partial charge < -0.3 is 10.2 Å². The van der Waals surface area contributed by atoms with Crippen LogP contribution in [-0.2, 0) is 9.59 Å². The van der Waals surface area contributed by atoms with Gasteiger partial charge >= 0.3 is 0 Å². The number of hydrogen-bond acceptors (Lipinski definition) is 2. The normalized spacial score (nSPS) is 33.2. The van der Waals surface area contributed by atoms with Gasteiger partial charge in [0, 0.05) is 5.54 Å². The van der Waals surface area contributed by atoms with Crippen LogP contribution in [0.2, 0.25) is 0 Å². The Morgan fingerprint density at radius 2 is 1.76 bits per heavy atom. The van der Waals surface area contributed by atoms with Crippen molar-refractivity contribution in [3.8, 4) is 0 Å². The van der Waals surface area contributed by atoms with Gasteiger partial charge in [-0.2, -0.15) is 0 Å². The van der Waals surface area contributed by atoms with Crippen LogP contribution in [0.15, 0.2) is 0 Å². The summed E-state index contributed by atoms with van der Waals surface area (Å²) in [7, 11) is 0. The monoisotopic (exact) mass is 294 g/mol. The van der Waals surface area contributed by atoms with Crippen LogP contribution < -0.4 is 5.32 Å². The summed E-state index contributed by atoms with van der Waals surface area (Å²) >= 11 is 0. The number of nitrogens with one attached hydrogen (secondary N) is 1. The fourth-order valence-electron chi connectivity index (χ4n) is 3.88. The molecule has 1 saturated heterocycles. The van der Waals surface area contributed by atoms with Crippen LogP contribution in [0.1, 0.15) is 73.1 Å². The molecule has 4 nitrogen and oxygen atoms in total. The van der Waals surface area contributed by atoms with Crippen molar-refractivity contribution in [2.75, 3.05) is 0 Å². The third-order valence-corrected chi connectivity index (χ3v) is 5.49. The maximum Gasteiger partial charge on any atom is 0.249 e. The van der Waals surface area contributed by atoms with Crippen molar-refractivity contribution in [2.45, 2.75) is 90.3 Å². The molecule has 1 heterocycles. The molecule has 4 heteroatoms. The molecule has 2 amide bonds. The molecule has 2 rings (SSSR count). The Labute approximate surface area is 128 Å². The van der Waals surface area contributed by atoms with Crippen LogP contribution in [0, 0.1) is 5.92 Å². The van der Waals surface area contributed by atoms with E-state index in [1.54, 1.807) is 0 Å². The highest BCUT2D eigenvalue weighted by molar-refractivity contribution is 6.00. The summed E-state index contributed by atoms with van der Waals surface area (Å²) in [5.74, 6) is 0.252. The van der Waals surface area contributed by atoms with Crippen molar-refractivity contribution in [3.05, 3.63) is 0 Å². The Hall–Kier alpha value is -1.06. The van der Waals surface area contributed by atoms with E-state index in [1.807, 2.05) is 32.6 Å². The zero-order valence-electron chi connectivity index (χ0n) is 14.2. The minimum atomic E-state index is -0.747. The Kier molecular flexibility index (Phi) is 4.36. The first-order chi connectivity index (χ1) is 9.75. The molecule has 2 atom stereocenters. The van der Waals surface area contributed by atoms with E-state index in [2.05, 4.69) is 12.2 Å². The van der Waals surface area contributed by atoms with Crippen LogP contribution in [0.25, 0.3) is 0 Å². The van der Waals surface area contributed by atoms with Gasteiger partial charge in [-0.05, 0) is 39.0 Å². The third-order valence-electron chi connectivity index (χ3n) is 5.49. The number of nitrogens with zero attached hydrogens (tertiary/aromatic N) is 1. The van der Waals surface area contributed by atoms with Crippen molar-refractivity contribution < 1.29 is 9.59 Å². The second kappa shape index (κ2) is 5.62. The topological polar surface area (TPSA) is 49.4 Å². The van der Waals surface area contributed by atoms with Gasteiger partial charge in [0.25, 0.3) is 0 Å². The first-order valence-electron chi connectivity index (χ1n) is 8.41. The van der Waals surface area contributed by atoms with Crippen LogP contribution >= 0.6 is 0 Å². The Balaban J connectivity index is 2.43. The van der Waals surface area contributed by atoms with E-state index in [4.69, 9.17) is 0 Å². The lowest BCUT2D eigenvalue weighted by Gasteiger charge is -2.54. The highest BCUT2D eigenvalue weighted by Crippen LogP contribution is 2.39. The minimum Gasteiger partial charge on any atom is -0.340 e. The molecule has 2 unspecified atom stereocenters. The van der Waals surface area contributed by atoms with E-state index in [0.717, 1.165) is 25.7 Å². The van der Waals surface area contributed by atoms with Crippen LogP contribution in [0.3, 0.4) is 0 Å². The zero-order valence-corrected chi connectivity index (χ0v) is 14.2. The fourth-order valence-corrected chi connectivity index (χ4v) is 3.88. The minimum absolute atomic E-state index is 0.0146.